The second kappa shape index (κ2) is 7.51. The summed E-state index contributed by atoms with van der Waals surface area (Å²) in [6.45, 7) is 0.923. The zero-order valence-corrected chi connectivity index (χ0v) is 12.3. The number of ether oxygens (including phenoxy) is 1. The van der Waals surface area contributed by atoms with Gasteiger partial charge in [-0.05, 0) is 11.6 Å². The summed E-state index contributed by atoms with van der Waals surface area (Å²) >= 11 is 3.47. The van der Waals surface area contributed by atoms with E-state index < -0.39 is 0 Å². The molecule has 0 saturated heterocycles. The van der Waals surface area contributed by atoms with Crippen LogP contribution in [0, 0.1) is 0 Å². The van der Waals surface area contributed by atoms with Gasteiger partial charge in [0, 0.05) is 31.7 Å². The van der Waals surface area contributed by atoms with E-state index in [-0.39, 0.29) is 12.0 Å². The largest absolute Gasteiger partial charge is 0.380 e. The highest BCUT2D eigenvalue weighted by molar-refractivity contribution is 9.10. The lowest BCUT2D eigenvalue weighted by Crippen LogP contribution is -2.33. The van der Waals surface area contributed by atoms with E-state index >= 15 is 0 Å². The van der Waals surface area contributed by atoms with Gasteiger partial charge in [-0.2, -0.15) is 0 Å². The molecule has 5 heteroatoms. The third-order valence-electron chi connectivity index (χ3n) is 2.79. The van der Waals surface area contributed by atoms with Gasteiger partial charge >= 0.3 is 0 Å². The van der Waals surface area contributed by atoms with Crippen LogP contribution in [0.25, 0.3) is 0 Å². The Bertz CT molecular complexity index is 394. The summed E-state index contributed by atoms with van der Waals surface area (Å²) < 4.78 is 6.12. The Morgan fingerprint density at radius 3 is 2.72 bits per heavy atom. The molecule has 1 atom stereocenters. The summed E-state index contributed by atoms with van der Waals surface area (Å²) in [5.74, 6) is 0.0306. The standard InChI is InChI=1S/C13H19BrN2O2/c1-16(13(17)7-11(8-15)18-2)9-10-5-3-4-6-12(10)14/h3-6,11H,7-9,15H2,1-2H3. The van der Waals surface area contributed by atoms with Crippen molar-refractivity contribution < 1.29 is 9.53 Å². The third kappa shape index (κ3) is 4.40. The molecule has 1 aromatic rings. The van der Waals surface area contributed by atoms with Crippen molar-refractivity contribution >= 4 is 21.8 Å². The van der Waals surface area contributed by atoms with Crippen LogP contribution in [0.3, 0.4) is 0 Å². The Morgan fingerprint density at radius 2 is 2.17 bits per heavy atom. The molecule has 0 heterocycles. The molecule has 0 saturated carbocycles. The number of nitrogens with zero attached hydrogens (tertiary/aromatic N) is 1. The Hall–Kier alpha value is -0.910. The van der Waals surface area contributed by atoms with Crippen molar-refractivity contribution in [3.63, 3.8) is 0 Å². The Kier molecular flexibility index (Phi) is 6.32. The van der Waals surface area contributed by atoms with Gasteiger partial charge in [-0.15, -0.1) is 0 Å². The first-order valence-electron chi connectivity index (χ1n) is 5.78. The summed E-state index contributed by atoms with van der Waals surface area (Å²) in [5.41, 5.74) is 6.58. The number of nitrogens with two attached hydrogens (primary N) is 1. The molecule has 2 N–H and O–H groups in total. The smallest absolute Gasteiger partial charge is 0.225 e. The van der Waals surface area contributed by atoms with Gasteiger partial charge in [0.2, 0.25) is 5.91 Å². The molecule has 100 valence electrons. The van der Waals surface area contributed by atoms with E-state index in [1.165, 1.54) is 0 Å². The van der Waals surface area contributed by atoms with Gasteiger partial charge in [0.25, 0.3) is 0 Å². The van der Waals surface area contributed by atoms with Gasteiger partial charge in [-0.1, -0.05) is 34.1 Å². The average Bonchev–Trinajstić information content (AvgIpc) is 2.38. The fourth-order valence-electron chi connectivity index (χ4n) is 1.58. The van der Waals surface area contributed by atoms with Gasteiger partial charge in [-0.25, -0.2) is 0 Å². The maximum Gasteiger partial charge on any atom is 0.225 e. The molecule has 1 amide bonds. The minimum Gasteiger partial charge on any atom is -0.380 e. The number of rotatable bonds is 6. The minimum absolute atomic E-state index is 0.0306. The number of carbonyl (C=O) groups is 1. The van der Waals surface area contributed by atoms with Gasteiger partial charge in [0.15, 0.2) is 0 Å². The monoisotopic (exact) mass is 314 g/mol. The van der Waals surface area contributed by atoms with E-state index in [4.69, 9.17) is 10.5 Å². The summed E-state index contributed by atoms with van der Waals surface area (Å²) in [4.78, 5) is 13.6. The molecular weight excluding hydrogens is 296 g/mol. The first-order chi connectivity index (χ1) is 8.58. The first kappa shape index (κ1) is 15.1. The predicted octanol–water partition coefficient (Wildman–Crippen LogP) is 1.77. The summed E-state index contributed by atoms with van der Waals surface area (Å²) in [5, 5.41) is 0. The fourth-order valence-corrected chi connectivity index (χ4v) is 1.99. The number of amides is 1. The van der Waals surface area contributed by atoms with E-state index in [1.54, 1.807) is 19.1 Å². The fraction of sp³-hybridized carbons (Fsp3) is 0.462. The molecule has 0 spiro atoms. The van der Waals surface area contributed by atoms with Crippen molar-refractivity contribution in [2.24, 2.45) is 5.73 Å². The third-order valence-corrected chi connectivity index (χ3v) is 3.56. The molecule has 0 aliphatic heterocycles. The number of hydrogen-bond donors (Lipinski definition) is 1. The predicted molar refractivity (Wildman–Crippen MR) is 75.1 cm³/mol. The van der Waals surface area contributed by atoms with Crippen LogP contribution >= 0.6 is 15.9 Å². The minimum atomic E-state index is -0.209. The number of benzene rings is 1. The van der Waals surface area contributed by atoms with Crippen molar-refractivity contribution in [1.29, 1.82) is 0 Å². The lowest BCUT2D eigenvalue weighted by molar-refractivity contribution is -0.132. The second-order valence-electron chi connectivity index (χ2n) is 4.14. The maximum absolute atomic E-state index is 12.0. The molecule has 0 bridgehead atoms. The molecule has 0 radical (unpaired) electrons. The summed E-state index contributed by atoms with van der Waals surface area (Å²) in [6.07, 6.45) is 0.104. The molecule has 18 heavy (non-hydrogen) atoms. The molecule has 4 nitrogen and oxygen atoms in total. The van der Waals surface area contributed by atoms with Gasteiger partial charge in [0.1, 0.15) is 0 Å². The zero-order valence-electron chi connectivity index (χ0n) is 10.7. The topological polar surface area (TPSA) is 55.6 Å². The summed E-state index contributed by atoms with van der Waals surface area (Å²) in [7, 11) is 3.35. The van der Waals surface area contributed by atoms with E-state index in [2.05, 4.69) is 15.9 Å². The molecular formula is C13H19BrN2O2. The van der Waals surface area contributed by atoms with Gasteiger partial charge in [-0.3, -0.25) is 4.79 Å². The molecule has 0 aliphatic rings. The highest BCUT2D eigenvalue weighted by Gasteiger charge is 2.16. The molecule has 0 aromatic heterocycles. The zero-order chi connectivity index (χ0) is 13.5. The normalized spacial score (nSPS) is 12.2. The highest BCUT2D eigenvalue weighted by atomic mass is 79.9. The molecule has 0 aliphatic carbocycles. The van der Waals surface area contributed by atoms with Crippen LogP contribution in [-0.2, 0) is 16.1 Å². The van der Waals surface area contributed by atoms with Crippen LogP contribution in [0.5, 0.6) is 0 Å². The van der Waals surface area contributed by atoms with Crippen LogP contribution < -0.4 is 5.73 Å². The van der Waals surface area contributed by atoms with Crippen molar-refractivity contribution in [3.05, 3.63) is 34.3 Å². The number of halogens is 1. The van der Waals surface area contributed by atoms with Crippen molar-refractivity contribution in [2.45, 2.75) is 19.1 Å². The molecule has 0 fully saturated rings. The van der Waals surface area contributed by atoms with Crippen molar-refractivity contribution in [2.75, 3.05) is 20.7 Å². The van der Waals surface area contributed by atoms with E-state index in [0.29, 0.717) is 19.5 Å². The Labute approximate surface area is 116 Å². The van der Waals surface area contributed by atoms with Crippen LogP contribution in [0.15, 0.2) is 28.7 Å². The lowest BCUT2D eigenvalue weighted by atomic mass is 10.2. The second-order valence-corrected chi connectivity index (χ2v) is 4.99. The van der Waals surface area contributed by atoms with Crippen LogP contribution in [0.4, 0.5) is 0 Å². The first-order valence-corrected chi connectivity index (χ1v) is 6.58. The quantitative estimate of drug-likeness (QED) is 0.870. The highest BCUT2D eigenvalue weighted by Crippen LogP contribution is 2.17. The molecule has 1 rings (SSSR count). The van der Waals surface area contributed by atoms with Crippen LogP contribution in [-0.4, -0.2) is 37.6 Å². The lowest BCUT2D eigenvalue weighted by Gasteiger charge is -2.20. The number of hydrogen-bond acceptors (Lipinski definition) is 3. The number of methoxy groups -OCH3 is 1. The van der Waals surface area contributed by atoms with E-state index in [1.807, 2.05) is 24.3 Å². The van der Waals surface area contributed by atoms with E-state index in [0.717, 1.165) is 10.0 Å². The van der Waals surface area contributed by atoms with Crippen LogP contribution in [0.2, 0.25) is 0 Å². The van der Waals surface area contributed by atoms with Crippen molar-refractivity contribution in [3.8, 4) is 0 Å². The molecule has 1 aromatic carbocycles. The van der Waals surface area contributed by atoms with Crippen LogP contribution in [0.1, 0.15) is 12.0 Å². The maximum atomic E-state index is 12.0. The Morgan fingerprint density at radius 1 is 1.50 bits per heavy atom. The van der Waals surface area contributed by atoms with Gasteiger partial charge in [0.05, 0.1) is 12.5 Å². The Balaban J connectivity index is 2.57. The summed E-state index contributed by atoms with van der Waals surface area (Å²) in [6, 6.07) is 7.86. The SMILES string of the molecule is COC(CN)CC(=O)N(C)Cc1ccccc1Br. The average molecular weight is 315 g/mol. The molecule has 1 unspecified atom stereocenters. The van der Waals surface area contributed by atoms with E-state index in [9.17, 15) is 4.79 Å². The number of carbonyl (C=O) groups excluding carboxylic acids is 1. The van der Waals surface area contributed by atoms with Gasteiger partial charge < -0.3 is 15.4 Å². The van der Waals surface area contributed by atoms with Crippen molar-refractivity contribution in [1.82, 2.24) is 4.90 Å².